The Morgan fingerprint density at radius 3 is 2.74 bits per heavy atom. The molecule has 0 aromatic heterocycles. The van der Waals surface area contributed by atoms with Gasteiger partial charge in [0, 0.05) is 50.4 Å². The van der Waals surface area contributed by atoms with Crippen LogP contribution in [0.1, 0.15) is 50.3 Å². The molecule has 7 nitrogen and oxygen atoms in total. The lowest BCUT2D eigenvalue weighted by molar-refractivity contribution is -0.159. The first-order valence-electron chi connectivity index (χ1n) is 10.9. The molecule has 3 aliphatic rings. The van der Waals surface area contributed by atoms with Crippen molar-refractivity contribution in [3.63, 3.8) is 0 Å². The third-order valence-corrected chi connectivity index (χ3v) is 6.46. The minimum atomic E-state index is -0.630. The van der Waals surface area contributed by atoms with Crippen LogP contribution in [0.25, 0.3) is 0 Å². The smallest absolute Gasteiger partial charge is 0.219 e. The largest absolute Gasteiger partial charge is 0.508 e. The second kappa shape index (κ2) is 7.48. The second-order valence-electron chi connectivity index (χ2n) is 8.32. The molecule has 31 heavy (non-hydrogen) atoms. The first-order chi connectivity index (χ1) is 15.0. The third-order valence-electron chi connectivity index (χ3n) is 6.46. The number of benzene rings is 2. The molecule has 162 valence electrons. The number of para-hydroxylation sites is 1. The molecular formula is C24H27N3O4. The summed E-state index contributed by atoms with van der Waals surface area (Å²) in [6, 6.07) is 13.3. The lowest BCUT2D eigenvalue weighted by Gasteiger charge is -2.51. The Labute approximate surface area is 181 Å². The molecule has 3 aliphatic heterocycles. The monoisotopic (exact) mass is 421 g/mol. The molecule has 1 saturated heterocycles. The highest BCUT2D eigenvalue weighted by atomic mass is 16.6. The van der Waals surface area contributed by atoms with Gasteiger partial charge in [-0.2, -0.15) is 5.10 Å². The minimum absolute atomic E-state index is 0.0189. The molecule has 3 heterocycles. The number of piperidine rings is 1. The Balaban J connectivity index is 1.57. The summed E-state index contributed by atoms with van der Waals surface area (Å²) >= 11 is 0. The summed E-state index contributed by atoms with van der Waals surface area (Å²) in [5, 5.41) is 17.1. The Kier molecular flexibility index (Phi) is 4.76. The summed E-state index contributed by atoms with van der Waals surface area (Å²) in [6.45, 7) is 5.39. The van der Waals surface area contributed by atoms with Crippen molar-refractivity contribution in [1.29, 1.82) is 0 Å². The van der Waals surface area contributed by atoms with Crippen molar-refractivity contribution in [3.8, 4) is 17.2 Å². The van der Waals surface area contributed by atoms with E-state index in [0.717, 1.165) is 28.3 Å². The zero-order chi connectivity index (χ0) is 21.6. The van der Waals surface area contributed by atoms with E-state index in [9.17, 15) is 9.90 Å². The van der Waals surface area contributed by atoms with Gasteiger partial charge >= 0.3 is 0 Å². The number of phenolic OH excluding ortho intramolecular Hbond substituents is 1. The maximum atomic E-state index is 11.9. The fourth-order valence-electron chi connectivity index (χ4n) is 4.90. The first kappa shape index (κ1) is 19.7. The highest BCUT2D eigenvalue weighted by molar-refractivity contribution is 6.02. The molecule has 5 rings (SSSR count). The number of phenols is 1. The normalized spacial score (nSPS) is 21.2. The maximum absolute atomic E-state index is 11.9. The van der Waals surface area contributed by atoms with Gasteiger partial charge in [0.1, 0.15) is 5.75 Å². The highest BCUT2D eigenvalue weighted by Crippen LogP contribution is 2.52. The molecule has 0 bridgehead atoms. The Morgan fingerprint density at radius 2 is 2.03 bits per heavy atom. The quantitative estimate of drug-likeness (QED) is 0.819. The number of carbonyl (C=O) groups excluding carboxylic acids is 1. The Hall–Kier alpha value is -3.22. The van der Waals surface area contributed by atoms with E-state index in [-0.39, 0.29) is 17.7 Å². The van der Waals surface area contributed by atoms with Gasteiger partial charge in [0.05, 0.1) is 18.4 Å². The van der Waals surface area contributed by atoms with Gasteiger partial charge in [-0.3, -0.25) is 4.79 Å². The average molecular weight is 421 g/mol. The molecular weight excluding hydrogens is 394 g/mol. The van der Waals surface area contributed by atoms with E-state index in [1.54, 1.807) is 19.1 Å². The molecule has 1 spiro atoms. The number of ether oxygens (including phenoxy) is 2. The van der Waals surface area contributed by atoms with Crippen molar-refractivity contribution < 1.29 is 19.4 Å². The van der Waals surface area contributed by atoms with Crippen LogP contribution >= 0.6 is 0 Å². The van der Waals surface area contributed by atoms with Gasteiger partial charge in [-0.15, -0.1) is 0 Å². The average Bonchev–Trinajstić information content (AvgIpc) is 3.22. The summed E-state index contributed by atoms with van der Waals surface area (Å²) in [5.74, 6) is 1.85. The summed E-state index contributed by atoms with van der Waals surface area (Å²) in [5.41, 5.74) is 2.26. The topological polar surface area (TPSA) is 74.6 Å². The lowest BCUT2D eigenvalue weighted by atomic mass is 9.90. The van der Waals surface area contributed by atoms with Crippen LogP contribution in [0.4, 0.5) is 0 Å². The van der Waals surface area contributed by atoms with Crippen LogP contribution in [0.3, 0.4) is 0 Å². The molecule has 0 radical (unpaired) electrons. The number of nitrogens with zero attached hydrogens (tertiary/aromatic N) is 3. The molecule has 0 aliphatic carbocycles. The van der Waals surface area contributed by atoms with Crippen LogP contribution in [0, 0.1) is 0 Å². The summed E-state index contributed by atoms with van der Waals surface area (Å²) < 4.78 is 12.6. The number of rotatable bonds is 3. The van der Waals surface area contributed by atoms with Crippen LogP contribution < -0.4 is 9.47 Å². The number of carbonyl (C=O) groups is 1. The summed E-state index contributed by atoms with van der Waals surface area (Å²) in [7, 11) is 0. The van der Waals surface area contributed by atoms with Crippen molar-refractivity contribution >= 4 is 11.6 Å². The second-order valence-corrected chi connectivity index (χ2v) is 8.32. The van der Waals surface area contributed by atoms with Gasteiger partial charge in [0.15, 0.2) is 11.5 Å². The number of amides is 1. The molecule has 2 aromatic carbocycles. The maximum Gasteiger partial charge on any atom is 0.219 e. The van der Waals surface area contributed by atoms with E-state index in [2.05, 4.69) is 11.1 Å². The molecule has 1 fully saturated rings. The molecule has 2 aromatic rings. The number of hydrazone groups is 1. The molecule has 1 amide bonds. The highest BCUT2D eigenvalue weighted by Gasteiger charge is 2.52. The van der Waals surface area contributed by atoms with E-state index >= 15 is 0 Å². The molecule has 7 heteroatoms. The van der Waals surface area contributed by atoms with Gasteiger partial charge < -0.3 is 19.5 Å². The van der Waals surface area contributed by atoms with Crippen molar-refractivity contribution in [2.75, 3.05) is 19.7 Å². The van der Waals surface area contributed by atoms with Gasteiger partial charge in [0.2, 0.25) is 11.6 Å². The fourth-order valence-corrected chi connectivity index (χ4v) is 4.90. The SMILES string of the molecule is CCOc1cccc2c1OC1(CCN(C(C)=O)CC1)N1N=C(c3cccc(O)c3)C[C@@H]21. The van der Waals surface area contributed by atoms with Crippen molar-refractivity contribution in [1.82, 2.24) is 9.91 Å². The number of likely N-dealkylation sites (tertiary alicyclic amines) is 1. The summed E-state index contributed by atoms with van der Waals surface area (Å²) in [6.07, 6.45) is 2.05. The van der Waals surface area contributed by atoms with Gasteiger partial charge in [-0.1, -0.05) is 24.3 Å². The lowest BCUT2D eigenvalue weighted by Crippen LogP contribution is -2.59. The van der Waals surface area contributed by atoms with Gasteiger partial charge in [0.25, 0.3) is 0 Å². The van der Waals surface area contributed by atoms with Crippen molar-refractivity contribution in [2.24, 2.45) is 5.10 Å². The number of aromatic hydroxyl groups is 1. The predicted octanol–water partition coefficient (Wildman–Crippen LogP) is 3.67. The standard InChI is InChI=1S/C24H27N3O4/c1-3-30-22-9-5-8-19-21-15-20(17-6-4-7-18(29)14-17)25-27(21)24(31-23(19)22)10-12-26(13-11-24)16(2)28/h4-9,14,21,29H,3,10-13,15H2,1-2H3/t21-/m0/s1. The van der Waals surface area contributed by atoms with Crippen LogP contribution in [0.15, 0.2) is 47.6 Å². The third kappa shape index (κ3) is 3.28. The van der Waals surface area contributed by atoms with E-state index in [0.29, 0.717) is 39.0 Å². The van der Waals surface area contributed by atoms with Gasteiger partial charge in [-0.05, 0) is 25.1 Å². The predicted molar refractivity (Wildman–Crippen MR) is 116 cm³/mol. The molecule has 0 unspecified atom stereocenters. The van der Waals surface area contributed by atoms with E-state index in [4.69, 9.17) is 14.6 Å². The first-order valence-corrected chi connectivity index (χ1v) is 10.9. The number of hydrogen-bond acceptors (Lipinski definition) is 6. The molecule has 0 saturated carbocycles. The Morgan fingerprint density at radius 1 is 1.26 bits per heavy atom. The Bertz CT molecular complexity index is 1040. The zero-order valence-electron chi connectivity index (χ0n) is 17.9. The van der Waals surface area contributed by atoms with E-state index < -0.39 is 5.72 Å². The minimum Gasteiger partial charge on any atom is -0.508 e. The van der Waals surface area contributed by atoms with Gasteiger partial charge in [-0.25, -0.2) is 5.01 Å². The van der Waals surface area contributed by atoms with Crippen LogP contribution in [0.2, 0.25) is 0 Å². The number of hydrogen-bond donors (Lipinski definition) is 1. The van der Waals surface area contributed by atoms with E-state index in [1.807, 2.05) is 36.1 Å². The van der Waals surface area contributed by atoms with Crippen LogP contribution in [-0.4, -0.2) is 52.1 Å². The van der Waals surface area contributed by atoms with Crippen LogP contribution in [0.5, 0.6) is 17.2 Å². The molecule has 1 atom stereocenters. The zero-order valence-corrected chi connectivity index (χ0v) is 17.9. The van der Waals surface area contributed by atoms with Crippen molar-refractivity contribution in [2.45, 2.75) is 44.9 Å². The molecule has 1 N–H and O–H groups in total. The van der Waals surface area contributed by atoms with Crippen molar-refractivity contribution in [3.05, 3.63) is 53.6 Å². The number of fused-ring (bicyclic) bond motifs is 4. The van der Waals surface area contributed by atoms with E-state index in [1.165, 1.54) is 0 Å². The summed E-state index contributed by atoms with van der Waals surface area (Å²) in [4.78, 5) is 13.8. The fraction of sp³-hybridized carbons (Fsp3) is 0.417. The van der Waals surface area contributed by atoms with Crippen LogP contribution in [-0.2, 0) is 4.79 Å².